The maximum absolute atomic E-state index is 14.8. The van der Waals surface area contributed by atoms with Crippen molar-refractivity contribution in [2.75, 3.05) is 11.9 Å². The van der Waals surface area contributed by atoms with Crippen LogP contribution in [0.4, 0.5) is 28.0 Å². The fourth-order valence-electron chi connectivity index (χ4n) is 3.71. The lowest BCUT2D eigenvalue weighted by Crippen LogP contribution is -2.72. The van der Waals surface area contributed by atoms with Crippen molar-refractivity contribution in [2.24, 2.45) is 5.92 Å². The van der Waals surface area contributed by atoms with Gasteiger partial charge in [0.1, 0.15) is 23.2 Å². The molecule has 1 saturated heterocycles. The molecule has 1 fully saturated rings. The first kappa shape index (κ1) is 23.6. The molecule has 4 atom stereocenters. The summed E-state index contributed by atoms with van der Waals surface area (Å²) in [5.41, 5.74) is 0.256. The maximum atomic E-state index is 14.8. The molecule has 4 unspecified atom stereocenters. The van der Waals surface area contributed by atoms with E-state index in [9.17, 15) is 22.4 Å². The van der Waals surface area contributed by atoms with Crippen LogP contribution in [0.5, 0.6) is 5.75 Å². The summed E-state index contributed by atoms with van der Waals surface area (Å²) >= 11 is 6.68. The van der Waals surface area contributed by atoms with Crippen molar-refractivity contribution in [1.29, 1.82) is 0 Å². The van der Waals surface area contributed by atoms with E-state index in [1.807, 2.05) is 12.2 Å². The van der Waals surface area contributed by atoms with Crippen LogP contribution in [0, 0.1) is 5.92 Å². The Balaban J connectivity index is 1.58. The summed E-state index contributed by atoms with van der Waals surface area (Å²) in [6.45, 7) is -0.0464. The molecule has 0 radical (unpaired) electrons. The van der Waals surface area contributed by atoms with Crippen LogP contribution < -0.4 is 26.0 Å². The Labute approximate surface area is 182 Å². The van der Waals surface area contributed by atoms with Gasteiger partial charge in [0, 0.05) is 18.2 Å². The van der Waals surface area contributed by atoms with E-state index in [4.69, 9.17) is 11.6 Å². The Bertz CT molecular complexity index is 777. The predicted octanol–water partition coefficient (Wildman–Crippen LogP) is 4.59. The van der Waals surface area contributed by atoms with Crippen LogP contribution in [-0.4, -0.2) is 36.4 Å². The summed E-state index contributed by atoms with van der Waals surface area (Å²) in [6.07, 6.45) is 1.76. The van der Waals surface area contributed by atoms with Crippen molar-refractivity contribution >= 4 is 23.3 Å². The summed E-state index contributed by atoms with van der Waals surface area (Å²) in [6, 6.07) is 4.06. The first-order valence-electron chi connectivity index (χ1n) is 10.1. The number of alkyl halides is 5. The highest BCUT2D eigenvalue weighted by atomic mass is 35.5. The molecule has 1 aromatic rings. The van der Waals surface area contributed by atoms with Gasteiger partial charge in [-0.05, 0) is 43.5 Å². The van der Waals surface area contributed by atoms with Gasteiger partial charge in [0.05, 0.1) is 0 Å². The number of hydrogen-bond donors (Lipinski definition) is 4. The Hall–Kier alpha value is -2.04. The third kappa shape index (κ3) is 6.72. The second kappa shape index (κ2) is 10.1. The maximum Gasteiger partial charge on any atom is 0.573 e. The van der Waals surface area contributed by atoms with E-state index in [2.05, 4.69) is 26.0 Å². The molecule has 172 valence electrons. The summed E-state index contributed by atoms with van der Waals surface area (Å²) in [5, 5.41) is 10.9. The van der Waals surface area contributed by atoms with Gasteiger partial charge >= 0.3 is 12.4 Å². The number of carbonyl (C=O) groups is 1. The van der Waals surface area contributed by atoms with Crippen molar-refractivity contribution in [3.05, 3.63) is 36.4 Å². The smallest absolute Gasteiger partial charge is 0.406 e. The minimum Gasteiger partial charge on any atom is -0.406 e. The third-order valence-electron chi connectivity index (χ3n) is 5.24. The minimum atomic E-state index is -4.79. The average Bonchev–Trinajstić information content (AvgIpc) is 2.65. The van der Waals surface area contributed by atoms with Gasteiger partial charge in [-0.1, -0.05) is 36.6 Å². The van der Waals surface area contributed by atoms with E-state index < -0.39 is 35.6 Å². The van der Waals surface area contributed by atoms with Crippen molar-refractivity contribution in [3.8, 4) is 5.75 Å². The van der Waals surface area contributed by atoms with E-state index in [0.717, 1.165) is 44.2 Å². The summed E-state index contributed by atoms with van der Waals surface area (Å²) in [7, 11) is 0. The molecule has 1 aliphatic carbocycles. The minimum absolute atomic E-state index is 0.0464. The van der Waals surface area contributed by atoms with Gasteiger partial charge in [-0.2, -0.15) is 0 Å². The quantitative estimate of drug-likeness (QED) is 0.227. The summed E-state index contributed by atoms with van der Waals surface area (Å²) in [5.74, 6) is -0.637. The molecule has 11 heteroatoms. The molecular formula is C20H25ClF4N4O2. The Kier molecular flexibility index (Phi) is 7.66. The molecule has 0 aromatic heterocycles. The predicted molar refractivity (Wildman–Crippen MR) is 109 cm³/mol. The van der Waals surface area contributed by atoms with Crippen LogP contribution in [-0.2, 0) is 0 Å². The lowest BCUT2D eigenvalue weighted by atomic mass is 9.86. The fourth-order valence-corrected chi connectivity index (χ4v) is 4.08. The molecule has 1 aliphatic heterocycles. The number of halogens is 5. The van der Waals surface area contributed by atoms with Gasteiger partial charge in [-0.25, -0.2) is 9.18 Å². The van der Waals surface area contributed by atoms with E-state index in [1.54, 1.807) is 0 Å². The first-order valence-corrected chi connectivity index (χ1v) is 10.5. The number of ether oxygens (including phenoxy) is 1. The van der Waals surface area contributed by atoms with Crippen molar-refractivity contribution in [2.45, 2.75) is 55.9 Å². The van der Waals surface area contributed by atoms with Crippen molar-refractivity contribution < 1.29 is 27.1 Å². The Morgan fingerprint density at radius 2 is 1.94 bits per heavy atom. The van der Waals surface area contributed by atoms with Gasteiger partial charge < -0.3 is 15.4 Å². The molecule has 31 heavy (non-hydrogen) atoms. The fraction of sp³-hybridized carbons (Fsp3) is 0.550. The van der Waals surface area contributed by atoms with E-state index in [-0.39, 0.29) is 18.2 Å². The van der Waals surface area contributed by atoms with Gasteiger partial charge in [0.25, 0.3) is 0 Å². The summed E-state index contributed by atoms with van der Waals surface area (Å²) in [4.78, 5) is 10.9. The third-order valence-corrected chi connectivity index (χ3v) is 5.86. The number of allylic oxidation sites excluding steroid dienone is 1. The highest BCUT2D eigenvalue weighted by Gasteiger charge is 2.47. The second-order valence-corrected chi connectivity index (χ2v) is 8.19. The molecule has 4 N–H and O–H groups in total. The average molecular weight is 465 g/mol. The Morgan fingerprint density at radius 3 is 2.65 bits per heavy atom. The number of nitrogens with one attached hydrogen (secondary N) is 4. The van der Waals surface area contributed by atoms with E-state index in [0.29, 0.717) is 0 Å². The molecule has 1 aromatic carbocycles. The number of hydrogen-bond acceptors (Lipinski definition) is 4. The number of rotatable bonds is 4. The van der Waals surface area contributed by atoms with E-state index >= 15 is 0 Å². The molecule has 6 nitrogen and oxygen atoms in total. The van der Waals surface area contributed by atoms with Crippen LogP contribution in [0.3, 0.4) is 0 Å². The summed E-state index contributed by atoms with van der Waals surface area (Å²) < 4.78 is 55.2. The highest BCUT2D eigenvalue weighted by molar-refractivity contribution is 6.24. The number of benzene rings is 1. The number of amides is 2. The van der Waals surface area contributed by atoms with Gasteiger partial charge in [-0.3, -0.25) is 10.6 Å². The van der Waals surface area contributed by atoms with Crippen LogP contribution in [0.1, 0.15) is 32.1 Å². The van der Waals surface area contributed by atoms with Gasteiger partial charge in [0.15, 0.2) is 0 Å². The van der Waals surface area contributed by atoms with Crippen LogP contribution in [0.25, 0.3) is 0 Å². The van der Waals surface area contributed by atoms with Gasteiger partial charge in [0.2, 0.25) is 0 Å². The zero-order valence-electron chi connectivity index (χ0n) is 16.6. The molecule has 2 aliphatic rings. The molecule has 2 amide bonds. The molecule has 0 saturated carbocycles. The van der Waals surface area contributed by atoms with E-state index in [1.165, 1.54) is 12.1 Å². The highest BCUT2D eigenvalue weighted by Crippen LogP contribution is 2.36. The molecule has 0 spiro atoms. The topological polar surface area (TPSA) is 74.4 Å². The standard InChI is InChI=1S/C20H25ClF4N4O2/c21-19(13-6-4-2-1-3-5-7-13)16(22)12-26-17(29-19)28-18(30)27-14-8-10-15(11-9-14)31-20(23,24)25/h4,6,8-11,13,16-17,26,29H,1-3,5,7,12H2,(H2,27,28,30)/b6-4-. The number of urea groups is 1. The van der Waals surface area contributed by atoms with Crippen LogP contribution >= 0.6 is 11.6 Å². The number of carbonyl (C=O) groups excluding carboxylic acids is 1. The Morgan fingerprint density at radius 1 is 1.19 bits per heavy atom. The van der Waals surface area contributed by atoms with Crippen molar-refractivity contribution in [3.63, 3.8) is 0 Å². The molecule has 0 bridgehead atoms. The monoisotopic (exact) mass is 464 g/mol. The largest absolute Gasteiger partial charge is 0.573 e. The van der Waals surface area contributed by atoms with Crippen LogP contribution in [0.2, 0.25) is 0 Å². The number of anilines is 1. The zero-order valence-corrected chi connectivity index (χ0v) is 17.4. The first-order chi connectivity index (χ1) is 14.7. The van der Waals surface area contributed by atoms with Crippen molar-refractivity contribution in [1.82, 2.24) is 16.0 Å². The molecule has 3 rings (SSSR count). The zero-order chi connectivity index (χ0) is 22.5. The normalized spacial score (nSPS) is 30.5. The lowest BCUT2D eigenvalue weighted by molar-refractivity contribution is -0.274. The van der Waals surface area contributed by atoms with Gasteiger partial charge in [-0.15, -0.1) is 13.2 Å². The van der Waals surface area contributed by atoms with Crippen LogP contribution in [0.15, 0.2) is 36.4 Å². The molecule has 1 heterocycles. The second-order valence-electron chi connectivity index (χ2n) is 7.56. The lowest BCUT2D eigenvalue weighted by Gasteiger charge is -2.45. The molecular weight excluding hydrogens is 440 g/mol. The SMILES string of the molecule is O=C(Nc1ccc(OC(F)(F)F)cc1)NC1NCC(F)C(Cl)(C2/C=C\CCCCC2)N1.